The third kappa shape index (κ3) is 18.3. The second kappa shape index (κ2) is 30.8. The van der Waals surface area contributed by atoms with Crippen LogP contribution in [0, 0.1) is 11.8 Å². The van der Waals surface area contributed by atoms with Crippen LogP contribution in [-0.4, -0.2) is 143 Å². The quantitative estimate of drug-likeness (QED) is 0.0962. The van der Waals surface area contributed by atoms with Crippen molar-refractivity contribution in [2.75, 3.05) is 26.8 Å². The Labute approximate surface area is 484 Å². The third-order valence-electron chi connectivity index (χ3n) is 16.5. The Hall–Kier alpha value is -6.31. The molecule has 2 aromatic carbocycles. The number of amides is 6. The van der Waals surface area contributed by atoms with Gasteiger partial charge in [0, 0.05) is 24.9 Å². The molecule has 450 valence electrons. The van der Waals surface area contributed by atoms with E-state index in [0.717, 1.165) is 81.8 Å². The number of aliphatic hydroxyl groups is 1. The maximum Gasteiger partial charge on any atom is 0.408 e. The largest absolute Gasteiger partial charge is 0.467 e. The van der Waals surface area contributed by atoms with Crippen molar-refractivity contribution >= 4 is 41.8 Å². The van der Waals surface area contributed by atoms with Crippen molar-refractivity contribution in [1.29, 1.82) is 0 Å². The van der Waals surface area contributed by atoms with Crippen molar-refractivity contribution in [3.05, 3.63) is 96.1 Å². The van der Waals surface area contributed by atoms with Gasteiger partial charge in [-0.15, -0.1) is 0 Å². The standard InChI is InChI=1S/C32H45N3O7.C31H45N3O6/c1-32(2)19-23-26(42-32)20-35-27(23)28(36)33-25(30(38)40-3)18-14-9-7-5-4-6-8-13-17-24(29(35)37)34-31(39)41-21-22-15-11-10-12-16-22;1-31(2)18-24-26(40-31)19-34-27(24)28(36)32-23(20-35)16-12-7-5-3-4-6-8-13-17-25(29(34)37)33-30(38)39-21-22-14-10-9-11-15-22/h4-5,10-12,15-16,23-27H,6-9,13-14,17-21H2,1-3H3,(H,33,36)(H,34,39);3-4,9-11,14-15,23-27,35H,5-8,12-13,16-21H2,1-2H3,(H,32,36)(H,33,38)/t2*23-,24-,25-,26-,27-/m00/s1. The van der Waals surface area contributed by atoms with Crippen LogP contribution in [0.2, 0.25) is 0 Å². The number of aliphatic hydroxyl groups excluding tert-OH is 1. The number of fused-ring (bicyclic) bond motifs is 6. The van der Waals surface area contributed by atoms with Crippen LogP contribution >= 0.6 is 0 Å². The molecule has 6 amide bonds. The average Bonchev–Trinajstić information content (AvgIpc) is 4.19. The first-order valence-electron chi connectivity index (χ1n) is 30.0. The van der Waals surface area contributed by atoms with Crippen LogP contribution in [0.4, 0.5) is 9.59 Å². The van der Waals surface area contributed by atoms with E-state index in [1.165, 1.54) is 12.0 Å². The van der Waals surface area contributed by atoms with Crippen LogP contribution < -0.4 is 21.3 Å². The molecule has 0 unspecified atom stereocenters. The normalized spacial score (nSPS) is 29.1. The van der Waals surface area contributed by atoms with E-state index < -0.39 is 59.9 Å². The molecular weight excluding hydrogens is 1050 g/mol. The smallest absolute Gasteiger partial charge is 0.408 e. The van der Waals surface area contributed by atoms with E-state index in [1.54, 1.807) is 4.90 Å². The minimum absolute atomic E-state index is 0.0785. The third-order valence-corrected chi connectivity index (χ3v) is 16.5. The summed E-state index contributed by atoms with van der Waals surface area (Å²) in [5, 5.41) is 21.5. The molecule has 5 N–H and O–H groups in total. The molecule has 0 aromatic heterocycles. The van der Waals surface area contributed by atoms with Crippen LogP contribution in [0.3, 0.4) is 0 Å². The number of rotatable bonds is 8. The molecular formula is C63H90N6O13. The van der Waals surface area contributed by atoms with Gasteiger partial charge in [0.2, 0.25) is 23.6 Å². The fourth-order valence-electron chi connectivity index (χ4n) is 12.5. The fraction of sp³-hybridized carbons (Fsp3) is 0.635. The Balaban J connectivity index is 0.000000236. The van der Waals surface area contributed by atoms with E-state index in [0.29, 0.717) is 44.9 Å². The first-order valence-corrected chi connectivity index (χ1v) is 30.0. The number of ether oxygens (including phenoxy) is 5. The Morgan fingerprint density at radius 1 is 0.585 bits per heavy atom. The van der Waals surface area contributed by atoms with Gasteiger partial charge in [-0.25, -0.2) is 14.4 Å². The number of hydrogen-bond acceptors (Lipinski definition) is 13. The van der Waals surface area contributed by atoms with E-state index in [9.17, 15) is 38.7 Å². The van der Waals surface area contributed by atoms with E-state index in [1.807, 2.05) is 88.4 Å². The highest BCUT2D eigenvalue weighted by atomic mass is 16.6. The molecule has 6 aliphatic rings. The molecule has 0 bridgehead atoms. The van der Waals surface area contributed by atoms with Crippen molar-refractivity contribution in [2.45, 2.75) is 216 Å². The van der Waals surface area contributed by atoms with Crippen LogP contribution in [0.25, 0.3) is 0 Å². The van der Waals surface area contributed by atoms with Gasteiger partial charge in [0.25, 0.3) is 0 Å². The summed E-state index contributed by atoms with van der Waals surface area (Å²) in [6.07, 6.45) is 20.2. The monoisotopic (exact) mass is 1140 g/mol. The minimum Gasteiger partial charge on any atom is -0.467 e. The van der Waals surface area contributed by atoms with Gasteiger partial charge in [0.15, 0.2) is 0 Å². The molecule has 4 fully saturated rings. The number of nitrogens with one attached hydrogen (secondary N) is 4. The van der Waals surface area contributed by atoms with Crippen molar-refractivity contribution in [3.8, 4) is 0 Å². The zero-order chi connectivity index (χ0) is 58.7. The highest BCUT2D eigenvalue weighted by Gasteiger charge is 2.57. The van der Waals surface area contributed by atoms with E-state index >= 15 is 0 Å². The predicted molar refractivity (Wildman–Crippen MR) is 307 cm³/mol. The zero-order valence-corrected chi connectivity index (χ0v) is 48.9. The molecule has 0 radical (unpaired) electrons. The summed E-state index contributed by atoms with van der Waals surface area (Å²) in [7, 11) is 1.31. The van der Waals surface area contributed by atoms with E-state index in [-0.39, 0.29) is 86.3 Å². The molecule has 6 heterocycles. The average molecular weight is 1140 g/mol. The van der Waals surface area contributed by atoms with E-state index in [4.69, 9.17) is 23.7 Å². The van der Waals surface area contributed by atoms with Gasteiger partial charge in [-0.1, -0.05) is 111 Å². The summed E-state index contributed by atoms with van der Waals surface area (Å²) in [6, 6.07) is 14.3. The summed E-state index contributed by atoms with van der Waals surface area (Å²) in [6.45, 7) is 8.51. The van der Waals surface area contributed by atoms with Crippen LogP contribution in [-0.2, 0) is 60.9 Å². The Morgan fingerprint density at radius 2 is 0.988 bits per heavy atom. The van der Waals surface area contributed by atoms with Gasteiger partial charge >= 0.3 is 18.2 Å². The van der Waals surface area contributed by atoms with E-state index in [2.05, 4.69) is 45.6 Å². The molecule has 0 saturated carbocycles. The van der Waals surface area contributed by atoms with Gasteiger partial charge < -0.3 is 59.9 Å². The van der Waals surface area contributed by atoms with Gasteiger partial charge in [-0.2, -0.15) is 0 Å². The molecule has 4 saturated heterocycles. The number of esters is 1. The van der Waals surface area contributed by atoms with Gasteiger partial charge in [0.05, 0.1) is 43.2 Å². The Kier molecular flexibility index (Phi) is 23.8. The van der Waals surface area contributed by atoms with Gasteiger partial charge in [-0.3, -0.25) is 19.2 Å². The second-order valence-electron chi connectivity index (χ2n) is 24.0. The molecule has 19 nitrogen and oxygen atoms in total. The number of carbonyl (C=O) groups is 7. The lowest BCUT2D eigenvalue weighted by Gasteiger charge is -2.32. The molecule has 82 heavy (non-hydrogen) atoms. The number of allylic oxidation sites excluding steroid dienone is 4. The lowest BCUT2D eigenvalue weighted by molar-refractivity contribution is -0.147. The summed E-state index contributed by atoms with van der Waals surface area (Å²) < 4.78 is 28.4. The molecule has 19 heteroatoms. The lowest BCUT2D eigenvalue weighted by Crippen LogP contribution is -2.57. The number of methoxy groups -OCH3 is 1. The number of alkyl carbamates (subject to hydrolysis) is 2. The van der Waals surface area contributed by atoms with Crippen LogP contribution in [0.5, 0.6) is 0 Å². The summed E-state index contributed by atoms with van der Waals surface area (Å²) in [5.41, 5.74) is 0.863. The Morgan fingerprint density at radius 3 is 1.40 bits per heavy atom. The molecule has 10 atom stereocenters. The SMILES string of the molecule is CC1(C)C[C@H]2[C@H](CN3C(=O)[C@@H](NC(=O)OCc4ccccc4)CCCCC=CCCCC[C@@H](CO)NC(=O)[C@H]23)O1.COC(=O)[C@@H]1CCCCC=CCCCC[C@H](NC(=O)OCc2ccccc2)C(=O)N2C[C@@H]3OC(C)(C)C[C@@H]3[C@H]2C(=O)N1. The summed E-state index contributed by atoms with van der Waals surface area (Å²) in [5.74, 6) is -2.22. The number of benzene rings is 2. The molecule has 8 rings (SSSR count). The number of nitrogens with zero attached hydrogens (tertiary/aromatic N) is 2. The highest BCUT2D eigenvalue weighted by Crippen LogP contribution is 2.45. The molecule has 0 aliphatic carbocycles. The zero-order valence-electron chi connectivity index (χ0n) is 48.9. The van der Waals surface area contributed by atoms with Gasteiger partial charge in [-0.05, 0) is 129 Å². The van der Waals surface area contributed by atoms with Crippen molar-refractivity contribution in [2.24, 2.45) is 11.8 Å². The first kappa shape index (κ1) is 63.3. The van der Waals surface area contributed by atoms with Crippen LogP contribution in [0.15, 0.2) is 85.0 Å². The Bertz CT molecular complexity index is 2490. The second-order valence-corrected chi connectivity index (χ2v) is 24.0. The topological polar surface area (TPSA) is 240 Å². The summed E-state index contributed by atoms with van der Waals surface area (Å²) in [4.78, 5) is 97.1. The van der Waals surface area contributed by atoms with Crippen molar-refractivity contribution < 1.29 is 62.4 Å². The first-order chi connectivity index (χ1) is 39.5. The molecule has 2 aromatic rings. The molecule has 0 spiro atoms. The maximum absolute atomic E-state index is 14.1. The van der Waals surface area contributed by atoms with Crippen molar-refractivity contribution in [3.63, 3.8) is 0 Å². The summed E-state index contributed by atoms with van der Waals surface area (Å²) >= 11 is 0. The van der Waals surface area contributed by atoms with Crippen molar-refractivity contribution in [1.82, 2.24) is 31.1 Å². The van der Waals surface area contributed by atoms with Crippen LogP contribution in [0.1, 0.15) is 154 Å². The minimum atomic E-state index is -0.869. The number of hydrogen-bond donors (Lipinski definition) is 5. The van der Waals surface area contributed by atoms with Gasteiger partial charge in [0.1, 0.15) is 43.4 Å². The predicted octanol–water partition coefficient (Wildman–Crippen LogP) is 7.87. The molecule has 6 aliphatic heterocycles. The number of carbonyl (C=O) groups excluding carboxylic acids is 7. The lowest BCUT2D eigenvalue weighted by atomic mass is 9.89. The maximum atomic E-state index is 14.1. The highest BCUT2D eigenvalue weighted by molar-refractivity contribution is 5.94. The fourth-order valence-corrected chi connectivity index (χ4v) is 12.5.